The quantitative estimate of drug-likeness (QED) is 0.719. The van der Waals surface area contributed by atoms with Gasteiger partial charge in [0.05, 0.1) is 5.69 Å². The average molecular weight is 279 g/mol. The van der Waals surface area contributed by atoms with Crippen LogP contribution in [0.2, 0.25) is 0 Å². The van der Waals surface area contributed by atoms with E-state index in [1.165, 1.54) is 0 Å². The standard InChI is InChI=1S/C15H13N5O/c16-12-6-4-11(5-7-12)15(21)19-13-2-1-3-14(8-13)20-9-17-18-10-20/h1-10H,16H2,(H,19,21). The Bertz CT molecular complexity index is 750. The van der Waals surface area contributed by atoms with Crippen LogP contribution in [0.15, 0.2) is 61.2 Å². The average Bonchev–Trinajstić information content (AvgIpc) is 3.02. The van der Waals surface area contributed by atoms with Gasteiger partial charge >= 0.3 is 0 Å². The van der Waals surface area contributed by atoms with Crippen molar-refractivity contribution in [3.05, 3.63) is 66.7 Å². The van der Waals surface area contributed by atoms with Crippen LogP contribution in [0.3, 0.4) is 0 Å². The molecule has 0 aliphatic carbocycles. The molecule has 0 spiro atoms. The summed E-state index contributed by atoms with van der Waals surface area (Å²) in [7, 11) is 0. The maximum absolute atomic E-state index is 12.1. The number of hydrogen-bond donors (Lipinski definition) is 2. The van der Waals surface area contributed by atoms with Crippen LogP contribution in [-0.2, 0) is 0 Å². The Morgan fingerprint density at radius 2 is 1.76 bits per heavy atom. The van der Waals surface area contributed by atoms with Gasteiger partial charge in [-0.1, -0.05) is 6.07 Å². The normalized spacial score (nSPS) is 10.3. The predicted molar refractivity (Wildman–Crippen MR) is 80.2 cm³/mol. The maximum Gasteiger partial charge on any atom is 0.255 e. The monoisotopic (exact) mass is 279 g/mol. The zero-order valence-electron chi connectivity index (χ0n) is 11.1. The summed E-state index contributed by atoms with van der Waals surface area (Å²) in [5, 5.41) is 10.4. The summed E-state index contributed by atoms with van der Waals surface area (Å²) in [6, 6.07) is 14.2. The van der Waals surface area contributed by atoms with Crippen molar-refractivity contribution in [2.24, 2.45) is 0 Å². The number of anilines is 2. The second kappa shape index (κ2) is 5.46. The fourth-order valence-electron chi connectivity index (χ4n) is 1.92. The van der Waals surface area contributed by atoms with E-state index in [0.29, 0.717) is 16.9 Å². The number of carbonyl (C=O) groups is 1. The number of benzene rings is 2. The molecule has 0 aliphatic heterocycles. The van der Waals surface area contributed by atoms with Gasteiger partial charge in [0.2, 0.25) is 0 Å². The first-order valence-corrected chi connectivity index (χ1v) is 6.34. The topological polar surface area (TPSA) is 85.8 Å². The van der Waals surface area contributed by atoms with Gasteiger partial charge in [0, 0.05) is 16.9 Å². The highest BCUT2D eigenvalue weighted by atomic mass is 16.1. The highest BCUT2D eigenvalue weighted by Crippen LogP contribution is 2.15. The first kappa shape index (κ1) is 12.9. The Morgan fingerprint density at radius 3 is 2.48 bits per heavy atom. The Kier molecular flexibility index (Phi) is 3.34. The molecule has 0 radical (unpaired) electrons. The highest BCUT2D eigenvalue weighted by Gasteiger charge is 2.06. The highest BCUT2D eigenvalue weighted by molar-refractivity contribution is 6.04. The minimum Gasteiger partial charge on any atom is -0.399 e. The van der Waals surface area contributed by atoms with Gasteiger partial charge in [-0.15, -0.1) is 10.2 Å². The summed E-state index contributed by atoms with van der Waals surface area (Å²) < 4.78 is 1.76. The van der Waals surface area contributed by atoms with Crippen molar-refractivity contribution in [2.75, 3.05) is 11.1 Å². The Morgan fingerprint density at radius 1 is 1.05 bits per heavy atom. The van der Waals surface area contributed by atoms with Crippen molar-refractivity contribution in [3.8, 4) is 5.69 Å². The minimum atomic E-state index is -0.184. The SMILES string of the molecule is Nc1ccc(C(=O)Nc2cccc(-n3cnnc3)c2)cc1. The lowest BCUT2D eigenvalue weighted by Gasteiger charge is -2.08. The van der Waals surface area contributed by atoms with E-state index in [1.807, 2.05) is 24.3 Å². The van der Waals surface area contributed by atoms with E-state index in [9.17, 15) is 4.79 Å². The molecule has 0 bridgehead atoms. The third kappa shape index (κ3) is 2.89. The number of hydrogen-bond acceptors (Lipinski definition) is 4. The molecule has 6 nitrogen and oxygen atoms in total. The Balaban J connectivity index is 1.80. The number of nitrogens with two attached hydrogens (primary N) is 1. The molecular weight excluding hydrogens is 266 g/mol. The molecule has 0 atom stereocenters. The van der Waals surface area contributed by atoms with Gasteiger partial charge in [-0.2, -0.15) is 0 Å². The lowest BCUT2D eigenvalue weighted by molar-refractivity contribution is 0.102. The second-order valence-corrected chi connectivity index (χ2v) is 4.50. The van der Waals surface area contributed by atoms with Gasteiger partial charge in [-0.05, 0) is 42.5 Å². The van der Waals surface area contributed by atoms with E-state index in [-0.39, 0.29) is 5.91 Å². The molecule has 0 saturated heterocycles. The third-order valence-electron chi connectivity index (χ3n) is 2.99. The smallest absolute Gasteiger partial charge is 0.255 e. The second-order valence-electron chi connectivity index (χ2n) is 4.50. The van der Waals surface area contributed by atoms with E-state index in [0.717, 1.165) is 5.69 Å². The Hall–Kier alpha value is -3.15. The van der Waals surface area contributed by atoms with E-state index >= 15 is 0 Å². The summed E-state index contributed by atoms with van der Waals surface area (Å²) >= 11 is 0. The molecule has 0 fully saturated rings. The van der Waals surface area contributed by atoms with Crippen molar-refractivity contribution in [1.82, 2.24) is 14.8 Å². The van der Waals surface area contributed by atoms with Crippen LogP contribution in [0.4, 0.5) is 11.4 Å². The number of nitrogens with zero attached hydrogens (tertiary/aromatic N) is 3. The van der Waals surface area contributed by atoms with Crippen LogP contribution in [0, 0.1) is 0 Å². The molecule has 21 heavy (non-hydrogen) atoms. The number of nitrogens with one attached hydrogen (secondary N) is 1. The molecule has 6 heteroatoms. The number of rotatable bonds is 3. The lowest BCUT2D eigenvalue weighted by atomic mass is 10.2. The minimum absolute atomic E-state index is 0.184. The maximum atomic E-state index is 12.1. The molecule has 0 unspecified atom stereocenters. The van der Waals surface area contributed by atoms with Crippen LogP contribution in [0.25, 0.3) is 5.69 Å². The summed E-state index contributed by atoms with van der Waals surface area (Å²) in [4.78, 5) is 12.1. The van der Waals surface area contributed by atoms with Crippen LogP contribution in [0.1, 0.15) is 10.4 Å². The van der Waals surface area contributed by atoms with Gasteiger partial charge in [-0.3, -0.25) is 9.36 Å². The summed E-state index contributed by atoms with van der Waals surface area (Å²) in [6.07, 6.45) is 3.20. The summed E-state index contributed by atoms with van der Waals surface area (Å²) in [6.45, 7) is 0. The first-order chi connectivity index (χ1) is 10.2. The van der Waals surface area contributed by atoms with Gasteiger partial charge in [-0.25, -0.2) is 0 Å². The van der Waals surface area contributed by atoms with Crippen LogP contribution < -0.4 is 11.1 Å². The number of amides is 1. The van der Waals surface area contributed by atoms with E-state index in [4.69, 9.17) is 5.73 Å². The molecule has 2 aromatic carbocycles. The third-order valence-corrected chi connectivity index (χ3v) is 2.99. The van der Waals surface area contributed by atoms with E-state index in [2.05, 4.69) is 15.5 Å². The van der Waals surface area contributed by atoms with Crippen LogP contribution in [-0.4, -0.2) is 20.7 Å². The summed E-state index contributed by atoms with van der Waals surface area (Å²) in [5.74, 6) is -0.184. The first-order valence-electron chi connectivity index (χ1n) is 6.34. The largest absolute Gasteiger partial charge is 0.399 e. The summed E-state index contributed by atoms with van der Waals surface area (Å²) in [5.41, 5.74) is 8.36. The number of nitrogen functional groups attached to an aromatic ring is 1. The van der Waals surface area contributed by atoms with Gasteiger partial charge in [0.25, 0.3) is 5.91 Å². The van der Waals surface area contributed by atoms with Crippen molar-refractivity contribution in [1.29, 1.82) is 0 Å². The Labute approximate surface area is 121 Å². The van der Waals surface area contributed by atoms with E-state index in [1.54, 1.807) is 41.5 Å². The predicted octanol–water partition coefficient (Wildman–Crippen LogP) is 2.10. The number of carbonyl (C=O) groups excluding carboxylic acids is 1. The van der Waals surface area contributed by atoms with Crippen LogP contribution >= 0.6 is 0 Å². The molecule has 3 aromatic rings. The molecule has 1 amide bonds. The molecule has 0 aliphatic rings. The van der Waals surface area contributed by atoms with Crippen molar-refractivity contribution in [2.45, 2.75) is 0 Å². The molecule has 1 aromatic heterocycles. The molecule has 0 saturated carbocycles. The number of aromatic nitrogens is 3. The molecule has 3 rings (SSSR count). The van der Waals surface area contributed by atoms with Crippen molar-refractivity contribution in [3.63, 3.8) is 0 Å². The fourth-order valence-corrected chi connectivity index (χ4v) is 1.92. The zero-order chi connectivity index (χ0) is 14.7. The van der Waals surface area contributed by atoms with Crippen molar-refractivity contribution >= 4 is 17.3 Å². The fraction of sp³-hybridized carbons (Fsp3) is 0. The van der Waals surface area contributed by atoms with Crippen LogP contribution in [0.5, 0.6) is 0 Å². The zero-order valence-corrected chi connectivity index (χ0v) is 11.1. The van der Waals surface area contributed by atoms with E-state index < -0.39 is 0 Å². The molecule has 104 valence electrons. The van der Waals surface area contributed by atoms with Gasteiger partial charge < -0.3 is 11.1 Å². The molecule has 1 heterocycles. The lowest BCUT2D eigenvalue weighted by Crippen LogP contribution is -2.12. The van der Waals surface area contributed by atoms with Gasteiger partial charge in [0.15, 0.2) is 0 Å². The van der Waals surface area contributed by atoms with Gasteiger partial charge in [0.1, 0.15) is 12.7 Å². The molecule has 3 N–H and O–H groups in total. The molecular formula is C15H13N5O. The van der Waals surface area contributed by atoms with Crippen molar-refractivity contribution < 1.29 is 4.79 Å².